The van der Waals surface area contributed by atoms with Gasteiger partial charge in [0.2, 0.25) is 0 Å². The molecule has 112 valence electrons. The van der Waals surface area contributed by atoms with Crippen molar-refractivity contribution in [1.82, 2.24) is 0 Å². The molecule has 0 saturated heterocycles. The highest BCUT2D eigenvalue weighted by molar-refractivity contribution is 6.30. The third-order valence-electron chi connectivity index (χ3n) is 3.69. The van der Waals surface area contributed by atoms with Crippen molar-refractivity contribution in [3.05, 3.63) is 34.9 Å². The Kier molecular flexibility index (Phi) is 5.12. The molecule has 4 nitrogen and oxygen atoms in total. The van der Waals surface area contributed by atoms with Crippen LogP contribution in [0.15, 0.2) is 24.3 Å². The lowest BCUT2D eigenvalue weighted by atomic mass is 9.77. The van der Waals surface area contributed by atoms with Gasteiger partial charge in [-0.15, -0.1) is 0 Å². The predicted octanol–water partition coefficient (Wildman–Crippen LogP) is 3.07. The first-order chi connectivity index (χ1) is 10.0. The van der Waals surface area contributed by atoms with Gasteiger partial charge in [-0.25, -0.2) is 0 Å². The Morgan fingerprint density at radius 1 is 1.19 bits per heavy atom. The van der Waals surface area contributed by atoms with Gasteiger partial charge in [0.1, 0.15) is 5.92 Å². The van der Waals surface area contributed by atoms with Crippen LogP contribution in [0.2, 0.25) is 5.02 Å². The molecule has 2 rings (SSSR count). The van der Waals surface area contributed by atoms with Crippen molar-refractivity contribution < 1.29 is 19.1 Å². The van der Waals surface area contributed by atoms with E-state index in [-0.39, 0.29) is 18.2 Å². The van der Waals surface area contributed by atoms with Crippen molar-refractivity contribution in [2.24, 2.45) is 11.8 Å². The lowest BCUT2D eigenvalue weighted by Crippen LogP contribution is -2.38. The van der Waals surface area contributed by atoms with Crippen molar-refractivity contribution >= 4 is 29.1 Å². The fraction of sp³-hybridized carbons (Fsp3) is 0.438. The van der Waals surface area contributed by atoms with Crippen LogP contribution in [-0.4, -0.2) is 24.1 Å². The van der Waals surface area contributed by atoms with E-state index in [0.29, 0.717) is 29.8 Å². The van der Waals surface area contributed by atoms with E-state index >= 15 is 0 Å². The third-order valence-corrected chi connectivity index (χ3v) is 3.94. The number of hydrogen-bond acceptors (Lipinski definition) is 4. The highest BCUT2D eigenvalue weighted by Gasteiger charge is 2.40. The van der Waals surface area contributed by atoms with E-state index in [0.717, 1.165) is 0 Å². The van der Waals surface area contributed by atoms with E-state index in [1.165, 1.54) is 0 Å². The number of carbonyl (C=O) groups is 3. The van der Waals surface area contributed by atoms with E-state index < -0.39 is 17.8 Å². The molecule has 1 fully saturated rings. The Morgan fingerprint density at radius 2 is 1.81 bits per heavy atom. The molecule has 0 aromatic heterocycles. The molecule has 0 aliphatic heterocycles. The van der Waals surface area contributed by atoms with E-state index in [1.54, 1.807) is 31.2 Å². The van der Waals surface area contributed by atoms with Crippen LogP contribution < -0.4 is 0 Å². The molecule has 5 heteroatoms. The van der Waals surface area contributed by atoms with Crippen LogP contribution >= 0.6 is 11.6 Å². The van der Waals surface area contributed by atoms with Gasteiger partial charge in [-0.1, -0.05) is 18.0 Å². The molecule has 1 aliphatic rings. The highest BCUT2D eigenvalue weighted by Crippen LogP contribution is 2.29. The van der Waals surface area contributed by atoms with E-state index in [9.17, 15) is 14.4 Å². The second kappa shape index (κ2) is 6.85. The normalized spacial score (nSPS) is 21.9. The van der Waals surface area contributed by atoms with Crippen molar-refractivity contribution in [1.29, 1.82) is 0 Å². The van der Waals surface area contributed by atoms with Crippen molar-refractivity contribution in [3.63, 3.8) is 0 Å². The second-order valence-corrected chi connectivity index (χ2v) is 5.50. The zero-order chi connectivity index (χ0) is 15.4. The molecular formula is C16H17ClO4. The van der Waals surface area contributed by atoms with Gasteiger partial charge in [0.05, 0.1) is 12.5 Å². The van der Waals surface area contributed by atoms with Gasteiger partial charge in [0.25, 0.3) is 0 Å². The topological polar surface area (TPSA) is 60.4 Å². The number of hydrogen-bond donors (Lipinski definition) is 0. The summed E-state index contributed by atoms with van der Waals surface area (Å²) in [4.78, 5) is 36.6. The number of ketones is 2. The van der Waals surface area contributed by atoms with Crippen LogP contribution in [0.5, 0.6) is 0 Å². The van der Waals surface area contributed by atoms with Crippen LogP contribution in [0.3, 0.4) is 0 Å². The maximum absolute atomic E-state index is 12.4. The van der Waals surface area contributed by atoms with Gasteiger partial charge in [-0.05, 0) is 44.0 Å². The molecule has 0 radical (unpaired) electrons. The molecule has 0 N–H and O–H groups in total. The minimum Gasteiger partial charge on any atom is -0.465 e. The molecule has 0 heterocycles. The first-order valence-electron chi connectivity index (χ1n) is 7.04. The summed E-state index contributed by atoms with van der Waals surface area (Å²) in [6, 6.07) is 6.44. The summed E-state index contributed by atoms with van der Waals surface area (Å²) in [5.41, 5.74) is 0.447. The fourth-order valence-corrected chi connectivity index (χ4v) is 2.73. The molecule has 1 aromatic carbocycles. The summed E-state index contributed by atoms with van der Waals surface area (Å²) in [5, 5.41) is 0.533. The van der Waals surface area contributed by atoms with Crippen LogP contribution in [0, 0.1) is 11.8 Å². The van der Waals surface area contributed by atoms with E-state index in [4.69, 9.17) is 16.3 Å². The molecule has 2 atom stereocenters. The Balaban J connectivity index is 2.15. The SMILES string of the molecule is CCOC(=O)C1CCCC(C(=O)c2ccc(Cl)cc2)C1=O. The smallest absolute Gasteiger partial charge is 0.316 e. The molecule has 2 unspecified atom stereocenters. The van der Waals surface area contributed by atoms with Crippen LogP contribution in [0.25, 0.3) is 0 Å². The monoisotopic (exact) mass is 308 g/mol. The lowest BCUT2D eigenvalue weighted by molar-refractivity contribution is -0.153. The summed E-state index contributed by atoms with van der Waals surface area (Å²) in [7, 11) is 0. The average Bonchev–Trinajstić information content (AvgIpc) is 2.48. The maximum Gasteiger partial charge on any atom is 0.316 e. The number of ether oxygens (including phenoxy) is 1. The Bertz CT molecular complexity index is 550. The Hall–Kier alpha value is -1.68. The summed E-state index contributed by atoms with van der Waals surface area (Å²) in [6.07, 6.45) is 1.61. The van der Waals surface area contributed by atoms with Crippen LogP contribution in [0.4, 0.5) is 0 Å². The van der Waals surface area contributed by atoms with Crippen LogP contribution in [0.1, 0.15) is 36.5 Å². The first-order valence-corrected chi connectivity index (χ1v) is 7.42. The number of rotatable bonds is 4. The number of halogens is 1. The number of Topliss-reactive ketones (excluding diaryl/α,β-unsaturated/α-hetero) is 2. The highest BCUT2D eigenvalue weighted by atomic mass is 35.5. The van der Waals surface area contributed by atoms with Gasteiger partial charge < -0.3 is 4.74 Å². The minimum absolute atomic E-state index is 0.235. The van der Waals surface area contributed by atoms with Crippen molar-refractivity contribution in [3.8, 4) is 0 Å². The molecule has 21 heavy (non-hydrogen) atoms. The van der Waals surface area contributed by atoms with Gasteiger partial charge >= 0.3 is 5.97 Å². The molecule has 1 saturated carbocycles. The lowest BCUT2D eigenvalue weighted by Gasteiger charge is -2.25. The van der Waals surface area contributed by atoms with Crippen LogP contribution in [-0.2, 0) is 14.3 Å². The van der Waals surface area contributed by atoms with Gasteiger partial charge in [0.15, 0.2) is 11.6 Å². The Morgan fingerprint density at radius 3 is 2.43 bits per heavy atom. The predicted molar refractivity (Wildman–Crippen MR) is 78.3 cm³/mol. The summed E-state index contributed by atoms with van der Waals surface area (Å²) >= 11 is 5.79. The molecule has 0 amide bonds. The minimum atomic E-state index is -0.806. The number of esters is 1. The quantitative estimate of drug-likeness (QED) is 0.487. The number of carbonyl (C=O) groups excluding carboxylic acids is 3. The first kappa shape index (κ1) is 15.7. The molecular weight excluding hydrogens is 292 g/mol. The number of benzene rings is 1. The maximum atomic E-state index is 12.4. The third kappa shape index (κ3) is 3.50. The largest absolute Gasteiger partial charge is 0.465 e. The fourth-order valence-electron chi connectivity index (χ4n) is 2.61. The van der Waals surface area contributed by atoms with E-state index in [1.807, 2.05) is 0 Å². The van der Waals surface area contributed by atoms with E-state index in [2.05, 4.69) is 0 Å². The molecule has 1 aliphatic carbocycles. The molecule has 0 bridgehead atoms. The Labute approximate surface area is 128 Å². The summed E-state index contributed by atoms with van der Waals surface area (Å²) in [5.74, 6) is -2.64. The van der Waals surface area contributed by atoms with Gasteiger partial charge in [-0.2, -0.15) is 0 Å². The van der Waals surface area contributed by atoms with Crippen molar-refractivity contribution in [2.45, 2.75) is 26.2 Å². The molecule has 0 spiro atoms. The average molecular weight is 309 g/mol. The van der Waals surface area contributed by atoms with Gasteiger partial charge in [-0.3, -0.25) is 14.4 Å². The second-order valence-electron chi connectivity index (χ2n) is 5.06. The summed E-state index contributed by atoms with van der Waals surface area (Å²) in [6.45, 7) is 1.93. The standard InChI is InChI=1S/C16H17ClO4/c1-2-21-16(20)13-5-3-4-12(15(13)19)14(18)10-6-8-11(17)9-7-10/h6-9,12-13H,2-5H2,1H3. The zero-order valence-electron chi connectivity index (χ0n) is 11.8. The molecule has 1 aromatic rings. The zero-order valence-corrected chi connectivity index (χ0v) is 12.6. The van der Waals surface area contributed by atoms with Crippen molar-refractivity contribution in [2.75, 3.05) is 6.61 Å². The van der Waals surface area contributed by atoms with Gasteiger partial charge in [0, 0.05) is 10.6 Å². The summed E-state index contributed by atoms with van der Waals surface area (Å²) < 4.78 is 4.91.